The number of anilines is 2. The van der Waals surface area contributed by atoms with Gasteiger partial charge in [0, 0.05) is 23.9 Å². The van der Waals surface area contributed by atoms with Crippen LogP contribution in [0.5, 0.6) is 11.5 Å². The van der Waals surface area contributed by atoms with E-state index in [4.69, 9.17) is 9.47 Å². The van der Waals surface area contributed by atoms with Crippen LogP contribution in [0.3, 0.4) is 0 Å². The average Bonchev–Trinajstić information content (AvgIpc) is 2.75. The molecule has 0 aliphatic carbocycles. The minimum absolute atomic E-state index is 0.135. The van der Waals surface area contributed by atoms with E-state index in [1.807, 2.05) is 32.0 Å². The van der Waals surface area contributed by atoms with Gasteiger partial charge in [-0.1, -0.05) is 24.3 Å². The lowest BCUT2D eigenvalue weighted by Gasteiger charge is -2.12. The van der Waals surface area contributed by atoms with Gasteiger partial charge in [0.1, 0.15) is 11.5 Å². The van der Waals surface area contributed by atoms with E-state index in [9.17, 15) is 14.4 Å². The number of carbonyl (C=O) groups excluding carboxylic acids is 3. The Labute approximate surface area is 186 Å². The van der Waals surface area contributed by atoms with Crippen LogP contribution >= 0.6 is 0 Å². The molecule has 164 valence electrons. The molecule has 0 saturated heterocycles. The van der Waals surface area contributed by atoms with Crippen molar-refractivity contribution in [1.82, 2.24) is 0 Å². The predicted molar refractivity (Wildman–Crippen MR) is 122 cm³/mol. The topological polar surface area (TPSA) is 93.7 Å². The van der Waals surface area contributed by atoms with E-state index >= 15 is 0 Å². The Morgan fingerprint density at radius 1 is 0.844 bits per heavy atom. The first-order valence-corrected chi connectivity index (χ1v) is 10.0. The predicted octanol–water partition coefficient (Wildman–Crippen LogP) is 4.50. The summed E-state index contributed by atoms with van der Waals surface area (Å²) in [5.74, 6) is -0.205. The molecule has 2 N–H and O–H groups in total. The van der Waals surface area contributed by atoms with Crippen molar-refractivity contribution in [3.63, 3.8) is 0 Å². The van der Waals surface area contributed by atoms with Crippen molar-refractivity contribution in [2.24, 2.45) is 0 Å². The second-order valence-corrected chi connectivity index (χ2v) is 7.19. The Bertz CT molecular complexity index is 1160. The normalized spacial score (nSPS) is 10.2. The van der Waals surface area contributed by atoms with Gasteiger partial charge in [-0.25, -0.2) is 0 Å². The SMILES string of the molecule is CC(=O)Oc1cccc(C(=O)Nc2cccc(NC(=O)COc3cccc(C)c3C)c2)c1. The molecule has 7 nitrogen and oxygen atoms in total. The molecule has 0 aliphatic rings. The molecule has 2 amide bonds. The fourth-order valence-electron chi connectivity index (χ4n) is 2.97. The molecule has 3 rings (SSSR count). The fourth-order valence-corrected chi connectivity index (χ4v) is 2.97. The third-order valence-electron chi connectivity index (χ3n) is 4.68. The zero-order valence-electron chi connectivity index (χ0n) is 18.1. The maximum absolute atomic E-state index is 12.5. The van der Waals surface area contributed by atoms with Crippen molar-refractivity contribution in [1.29, 1.82) is 0 Å². The van der Waals surface area contributed by atoms with Crippen molar-refractivity contribution < 1.29 is 23.9 Å². The van der Waals surface area contributed by atoms with Gasteiger partial charge in [-0.15, -0.1) is 0 Å². The minimum Gasteiger partial charge on any atom is -0.483 e. The zero-order chi connectivity index (χ0) is 23.1. The van der Waals surface area contributed by atoms with E-state index in [0.29, 0.717) is 22.7 Å². The molecule has 3 aromatic rings. The van der Waals surface area contributed by atoms with Crippen LogP contribution in [0.4, 0.5) is 11.4 Å². The number of amides is 2. The van der Waals surface area contributed by atoms with Gasteiger partial charge >= 0.3 is 5.97 Å². The van der Waals surface area contributed by atoms with Crippen molar-refractivity contribution >= 4 is 29.2 Å². The van der Waals surface area contributed by atoms with Gasteiger partial charge in [0.15, 0.2) is 6.61 Å². The first-order chi connectivity index (χ1) is 15.3. The number of carbonyl (C=O) groups is 3. The Morgan fingerprint density at radius 3 is 2.28 bits per heavy atom. The summed E-state index contributed by atoms with van der Waals surface area (Å²) in [7, 11) is 0. The molecule has 0 radical (unpaired) electrons. The summed E-state index contributed by atoms with van der Waals surface area (Å²) in [6.45, 7) is 5.08. The third-order valence-corrected chi connectivity index (χ3v) is 4.68. The van der Waals surface area contributed by atoms with E-state index < -0.39 is 5.97 Å². The fraction of sp³-hybridized carbons (Fsp3) is 0.160. The second-order valence-electron chi connectivity index (χ2n) is 7.19. The molecule has 0 spiro atoms. The van der Waals surface area contributed by atoms with Gasteiger partial charge in [0.05, 0.1) is 0 Å². The highest BCUT2D eigenvalue weighted by Gasteiger charge is 2.10. The molecule has 0 saturated carbocycles. The molecule has 0 atom stereocenters. The van der Waals surface area contributed by atoms with E-state index in [1.165, 1.54) is 13.0 Å². The summed E-state index contributed by atoms with van der Waals surface area (Å²) >= 11 is 0. The molecule has 0 unspecified atom stereocenters. The van der Waals surface area contributed by atoms with Gasteiger partial charge in [0.25, 0.3) is 11.8 Å². The number of hydrogen-bond donors (Lipinski definition) is 2. The Hall–Kier alpha value is -4.13. The van der Waals surface area contributed by atoms with Gasteiger partial charge in [0.2, 0.25) is 0 Å². The maximum Gasteiger partial charge on any atom is 0.308 e. The minimum atomic E-state index is -0.465. The van der Waals surface area contributed by atoms with Gasteiger partial charge in [-0.05, 0) is 67.4 Å². The third kappa shape index (κ3) is 6.18. The smallest absolute Gasteiger partial charge is 0.308 e. The number of ether oxygens (including phenoxy) is 2. The van der Waals surface area contributed by atoms with Crippen molar-refractivity contribution in [2.75, 3.05) is 17.2 Å². The summed E-state index contributed by atoms with van der Waals surface area (Å²) in [5, 5.41) is 5.52. The lowest BCUT2D eigenvalue weighted by Crippen LogP contribution is -2.20. The quantitative estimate of drug-likeness (QED) is 0.424. The van der Waals surface area contributed by atoms with Gasteiger partial charge in [-0.3, -0.25) is 14.4 Å². The lowest BCUT2D eigenvalue weighted by molar-refractivity contribution is -0.131. The number of aryl methyl sites for hydroxylation is 1. The van der Waals surface area contributed by atoms with Crippen LogP contribution in [0.15, 0.2) is 66.7 Å². The van der Waals surface area contributed by atoms with Crippen LogP contribution in [0, 0.1) is 13.8 Å². The molecule has 32 heavy (non-hydrogen) atoms. The van der Waals surface area contributed by atoms with Crippen LogP contribution in [0.1, 0.15) is 28.4 Å². The van der Waals surface area contributed by atoms with Crippen LogP contribution in [-0.4, -0.2) is 24.4 Å². The Morgan fingerprint density at radius 2 is 1.53 bits per heavy atom. The van der Waals surface area contributed by atoms with Crippen molar-refractivity contribution in [3.8, 4) is 11.5 Å². The highest BCUT2D eigenvalue weighted by atomic mass is 16.5. The highest BCUT2D eigenvalue weighted by molar-refractivity contribution is 6.05. The molecule has 0 bridgehead atoms. The van der Waals surface area contributed by atoms with Crippen LogP contribution in [0.25, 0.3) is 0 Å². The summed E-state index contributed by atoms with van der Waals surface area (Å²) in [5.41, 5.74) is 3.43. The molecule has 0 heterocycles. The van der Waals surface area contributed by atoms with E-state index in [2.05, 4.69) is 10.6 Å². The molecular formula is C25H24N2O5. The first kappa shape index (κ1) is 22.6. The van der Waals surface area contributed by atoms with E-state index in [0.717, 1.165) is 11.1 Å². The number of rotatable bonds is 7. The first-order valence-electron chi connectivity index (χ1n) is 10.0. The summed E-state index contributed by atoms with van der Waals surface area (Å²) in [6, 6.07) is 18.8. The standard InChI is InChI=1S/C25H24N2O5/c1-16-7-4-12-23(17(16)2)31-15-24(29)26-20-9-6-10-21(14-20)27-25(30)19-8-5-11-22(13-19)32-18(3)28/h4-14H,15H2,1-3H3,(H,26,29)(H,27,30). The molecule has 3 aromatic carbocycles. The Balaban J connectivity index is 1.60. The molecule has 0 fully saturated rings. The average molecular weight is 432 g/mol. The van der Waals surface area contributed by atoms with Crippen molar-refractivity contribution in [2.45, 2.75) is 20.8 Å². The number of benzene rings is 3. The summed E-state index contributed by atoms with van der Waals surface area (Å²) < 4.78 is 10.6. The molecule has 0 aliphatic heterocycles. The summed E-state index contributed by atoms with van der Waals surface area (Å²) in [6.07, 6.45) is 0. The van der Waals surface area contributed by atoms with Crippen LogP contribution < -0.4 is 20.1 Å². The van der Waals surface area contributed by atoms with Gasteiger partial charge < -0.3 is 20.1 Å². The monoisotopic (exact) mass is 432 g/mol. The molecular weight excluding hydrogens is 408 g/mol. The van der Waals surface area contributed by atoms with E-state index in [1.54, 1.807) is 42.5 Å². The second kappa shape index (κ2) is 10.3. The summed E-state index contributed by atoms with van der Waals surface area (Å²) in [4.78, 5) is 35.9. The highest BCUT2D eigenvalue weighted by Crippen LogP contribution is 2.21. The number of nitrogens with one attached hydrogen (secondary N) is 2. The number of hydrogen-bond acceptors (Lipinski definition) is 5. The molecule has 0 aromatic heterocycles. The van der Waals surface area contributed by atoms with Gasteiger partial charge in [-0.2, -0.15) is 0 Å². The lowest BCUT2D eigenvalue weighted by atomic mass is 10.1. The van der Waals surface area contributed by atoms with Crippen molar-refractivity contribution in [3.05, 3.63) is 83.4 Å². The largest absolute Gasteiger partial charge is 0.483 e. The van der Waals surface area contributed by atoms with Crippen LogP contribution in [-0.2, 0) is 9.59 Å². The maximum atomic E-state index is 12.5. The Kier molecular flexibility index (Phi) is 7.23. The zero-order valence-corrected chi connectivity index (χ0v) is 18.1. The molecule has 7 heteroatoms. The number of esters is 1. The van der Waals surface area contributed by atoms with E-state index in [-0.39, 0.29) is 24.2 Å². The van der Waals surface area contributed by atoms with Crippen LogP contribution in [0.2, 0.25) is 0 Å².